The van der Waals surface area contributed by atoms with Crippen molar-refractivity contribution in [2.24, 2.45) is 0 Å². The van der Waals surface area contributed by atoms with E-state index in [9.17, 15) is 4.79 Å². The average molecular weight is 316 g/mol. The Morgan fingerprint density at radius 2 is 2.00 bits per heavy atom. The molecule has 0 aliphatic carbocycles. The summed E-state index contributed by atoms with van der Waals surface area (Å²) in [6, 6.07) is 2.05. The zero-order valence-corrected chi connectivity index (χ0v) is 13.7. The maximum Gasteiger partial charge on any atom is 0.255 e. The number of pyridine rings is 1. The third-order valence-electron chi connectivity index (χ3n) is 3.79. The summed E-state index contributed by atoms with van der Waals surface area (Å²) >= 11 is 0. The van der Waals surface area contributed by atoms with E-state index in [4.69, 9.17) is 5.11 Å². The van der Waals surface area contributed by atoms with Crippen molar-refractivity contribution < 1.29 is 5.11 Å². The summed E-state index contributed by atoms with van der Waals surface area (Å²) in [5.74, 6) is 0.487. The maximum absolute atomic E-state index is 12.1. The highest BCUT2D eigenvalue weighted by atomic mass is 16.2. The normalized spacial score (nSPS) is 10.7. The number of aromatic nitrogens is 3. The molecule has 3 N–H and O–H groups in total. The molecule has 0 atom stereocenters. The Hall–Kier alpha value is -2.21. The van der Waals surface area contributed by atoms with Crippen LogP contribution in [-0.2, 0) is 6.42 Å². The van der Waals surface area contributed by atoms with Crippen molar-refractivity contribution in [3.8, 4) is 0 Å². The molecule has 2 heterocycles. The topological polar surface area (TPSA) is 90.9 Å². The quantitative estimate of drug-likeness (QED) is 0.648. The van der Waals surface area contributed by atoms with Crippen molar-refractivity contribution in [2.75, 3.05) is 18.5 Å². The van der Waals surface area contributed by atoms with Gasteiger partial charge in [-0.3, -0.25) is 14.8 Å². The first-order chi connectivity index (χ1) is 11.1. The highest BCUT2D eigenvalue weighted by molar-refractivity contribution is 5.29. The monoisotopic (exact) mass is 316 g/mol. The van der Waals surface area contributed by atoms with Crippen LogP contribution in [0.5, 0.6) is 0 Å². The smallest absolute Gasteiger partial charge is 0.255 e. The zero-order chi connectivity index (χ0) is 16.7. The van der Waals surface area contributed by atoms with Crippen LogP contribution < -0.4 is 10.9 Å². The summed E-state index contributed by atoms with van der Waals surface area (Å²) in [5, 5.41) is 11.8. The van der Waals surface area contributed by atoms with Gasteiger partial charge >= 0.3 is 0 Å². The molecule has 0 radical (unpaired) electrons. The van der Waals surface area contributed by atoms with E-state index in [1.165, 1.54) is 0 Å². The molecular formula is C17H24N4O2. The minimum absolute atomic E-state index is 0.129. The molecule has 6 heteroatoms. The van der Waals surface area contributed by atoms with Gasteiger partial charge in [0.2, 0.25) is 5.95 Å². The van der Waals surface area contributed by atoms with Gasteiger partial charge in [-0.05, 0) is 44.2 Å². The molecule has 0 aliphatic rings. The van der Waals surface area contributed by atoms with E-state index in [0.717, 1.165) is 42.6 Å². The van der Waals surface area contributed by atoms with E-state index >= 15 is 0 Å². The van der Waals surface area contributed by atoms with Crippen LogP contribution in [0.25, 0.3) is 0 Å². The Morgan fingerprint density at radius 3 is 2.70 bits per heavy atom. The van der Waals surface area contributed by atoms with Gasteiger partial charge < -0.3 is 10.4 Å². The molecule has 0 unspecified atom stereocenters. The van der Waals surface area contributed by atoms with Crippen molar-refractivity contribution in [3.05, 3.63) is 51.2 Å². The number of rotatable bonds is 8. The molecule has 124 valence electrons. The second-order valence-electron chi connectivity index (χ2n) is 5.72. The molecule has 2 rings (SSSR count). The number of aryl methyl sites for hydroxylation is 2. The molecule has 0 spiro atoms. The number of aliphatic hydroxyl groups is 1. The van der Waals surface area contributed by atoms with Crippen LogP contribution in [0.4, 0.5) is 5.95 Å². The second kappa shape index (κ2) is 8.43. The number of aliphatic hydroxyl groups excluding tert-OH is 1. The summed E-state index contributed by atoms with van der Waals surface area (Å²) in [6.07, 6.45) is 6.62. The summed E-state index contributed by atoms with van der Waals surface area (Å²) in [6.45, 7) is 4.92. The van der Waals surface area contributed by atoms with Gasteiger partial charge in [0.15, 0.2) is 0 Å². The van der Waals surface area contributed by atoms with Crippen molar-refractivity contribution >= 4 is 5.95 Å². The van der Waals surface area contributed by atoms with Crippen LogP contribution in [0.3, 0.4) is 0 Å². The molecule has 0 saturated heterocycles. The summed E-state index contributed by atoms with van der Waals surface area (Å²) < 4.78 is 0. The number of unbranched alkanes of at least 4 members (excludes halogenated alkanes) is 2. The molecule has 2 aromatic rings. The third kappa shape index (κ3) is 5.17. The molecule has 6 nitrogen and oxygen atoms in total. The summed E-state index contributed by atoms with van der Waals surface area (Å²) in [5.41, 5.74) is 3.62. The predicted octanol–water partition coefficient (Wildman–Crippen LogP) is 1.95. The van der Waals surface area contributed by atoms with Crippen molar-refractivity contribution in [1.29, 1.82) is 0 Å². The first-order valence-corrected chi connectivity index (χ1v) is 7.95. The minimum atomic E-state index is -0.129. The fourth-order valence-corrected chi connectivity index (χ4v) is 2.28. The minimum Gasteiger partial charge on any atom is -0.396 e. The van der Waals surface area contributed by atoms with Gasteiger partial charge in [-0.2, -0.15) is 0 Å². The number of H-pyrrole nitrogens is 1. The van der Waals surface area contributed by atoms with E-state index in [2.05, 4.69) is 26.3 Å². The lowest BCUT2D eigenvalue weighted by Gasteiger charge is -2.07. The van der Waals surface area contributed by atoms with Crippen LogP contribution >= 0.6 is 0 Å². The molecule has 0 bridgehead atoms. The number of anilines is 1. The van der Waals surface area contributed by atoms with Crippen LogP contribution in [0.15, 0.2) is 23.3 Å². The summed E-state index contributed by atoms with van der Waals surface area (Å²) in [7, 11) is 0. The number of aromatic amines is 1. The number of hydrogen-bond donors (Lipinski definition) is 3. The van der Waals surface area contributed by atoms with Gasteiger partial charge in [0.25, 0.3) is 5.56 Å². The fourth-order valence-electron chi connectivity index (χ4n) is 2.28. The van der Waals surface area contributed by atoms with Crippen LogP contribution in [0.2, 0.25) is 0 Å². The van der Waals surface area contributed by atoms with Crippen LogP contribution in [0, 0.1) is 13.8 Å². The molecule has 2 aromatic heterocycles. The lowest BCUT2D eigenvalue weighted by Crippen LogP contribution is -2.17. The Balaban J connectivity index is 1.96. The highest BCUT2D eigenvalue weighted by Crippen LogP contribution is 2.10. The molecule has 0 saturated carbocycles. The van der Waals surface area contributed by atoms with Gasteiger partial charge in [0.05, 0.1) is 0 Å². The summed E-state index contributed by atoms with van der Waals surface area (Å²) in [4.78, 5) is 23.5. The lowest BCUT2D eigenvalue weighted by atomic mass is 10.1. The molecular weight excluding hydrogens is 292 g/mol. The Bertz CT molecular complexity index is 697. The van der Waals surface area contributed by atoms with Gasteiger partial charge in [0, 0.05) is 43.2 Å². The van der Waals surface area contributed by atoms with E-state index in [0.29, 0.717) is 17.9 Å². The maximum atomic E-state index is 12.1. The lowest BCUT2D eigenvalue weighted by molar-refractivity contribution is 0.283. The SMILES string of the molecule is Cc1cc(Cc2cnc(NCCCCCO)[nH]c2=O)cnc1C. The third-order valence-corrected chi connectivity index (χ3v) is 3.79. The van der Waals surface area contributed by atoms with Gasteiger partial charge in [-0.15, -0.1) is 0 Å². The Morgan fingerprint density at radius 1 is 1.17 bits per heavy atom. The molecule has 0 amide bonds. The fraction of sp³-hybridized carbons (Fsp3) is 0.471. The first kappa shape index (κ1) is 17.1. The largest absolute Gasteiger partial charge is 0.396 e. The molecule has 0 aromatic carbocycles. The highest BCUT2D eigenvalue weighted by Gasteiger charge is 2.05. The van der Waals surface area contributed by atoms with Gasteiger partial charge in [-0.25, -0.2) is 4.98 Å². The van der Waals surface area contributed by atoms with Gasteiger partial charge in [-0.1, -0.05) is 6.07 Å². The van der Waals surface area contributed by atoms with E-state index in [1.807, 2.05) is 13.8 Å². The number of nitrogens with one attached hydrogen (secondary N) is 2. The van der Waals surface area contributed by atoms with Gasteiger partial charge in [0.1, 0.15) is 0 Å². The van der Waals surface area contributed by atoms with Crippen molar-refractivity contribution in [2.45, 2.75) is 39.5 Å². The predicted molar refractivity (Wildman–Crippen MR) is 90.8 cm³/mol. The number of nitrogens with zero attached hydrogens (tertiary/aromatic N) is 2. The standard InChI is InChI=1S/C17H24N4O2/c1-12-8-14(10-19-13(12)2)9-15-11-20-17(21-16(15)23)18-6-4-3-5-7-22/h8,10-11,22H,3-7,9H2,1-2H3,(H2,18,20,21,23). The van der Waals surface area contributed by atoms with Crippen LogP contribution in [0.1, 0.15) is 41.6 Å². The van der Waals surface area contributed by atoms with E-state index < -0.39 is 0 Å². The van der Waals surface area contributed by atoms with E-state index in [1.54, 1.807) is 12.4 Å². The average Bonchev–Trinajstić information content (AvgIpc) is 2.53. The van der Waals surface area contributed by atoms with E-state index in [-0.39, 0.29) is 12.2 Å². The Labute approximate surface area is 136 Å². The Kier molecular flexibility index (Phi) is 6.29. The molecule has 23 heavy (non-hydrogen) atoms. The second-order valence-corrected chi connectivity index (χ2v) is 5.72. The molecule has 0 aliphatic heterocycles. The van der Waals surface area contributed by atoms with Crippen molar-refractivity contribution in [3.63, 3.8) is 0 Å². The van der Waals surface area contributed by atoms with Crippen LogP contribution in [-0.4, -0.2) is 33.2 Å². The molecule has 0 fully saturated rings. The van der Waals surface area contributed by atoms with Crippen molar-refractivity contribution in [1.82, 2.24) is 15.0 Å². The number of hydrogen-bond acceptors (Lipinski definition) is 5. The first-order valence-electron chi connectivity index (χ1n) is 7.95. The zero-order valence-electron chi connectivity index (χ0n) is 13.7.